The summed E-state index contributed by atoms with van der Waals surface area (Å²) < 4.78 is 0. The average molecular weight is 425 g/mol. The molecule has 5 amide bonds. The quantitative estimate of drug-likeness (QED) is 0.729. The molecule has 3 heterocycles. The molecule has 8 nitrogen and oxygen atoms in total. The number of rotatable bonds is 3. The molecule has 0 aromatic heterocycles. The number of nitrogens with one attached hydrogen (secondary N) is 2. The Kier molecular flexibility index (Phi) is 5.16. The van der Waals surface area contributed by atoms with Crippen molar-refractivity contribution in [3.63, 3.8) is 0 Å². The summed E-state index contributed by atoms with van der Waals surface area (Å²) in [5.41, 5.74) is 2.00. The zero-order chi connectivity index (χ0) is 21.5. The van der Waals surface area contributed by atoms with Gasteiger partial charge in [-0.1, -0.05) is 19.3 Å². The van der Waals surface area contributed by atoms with E-state index in [-0.39, 0.29) is 24.3 Å². The SMILES string of the molecule is O=C1CCC(N2Cc3cc(NC(=O)N4CCCC(C5CCC5)C4)ccc3C2=O)C(=O)N1. The highest BCUT2D eigenvalue weighted by molar-refractivity contribution is 6.05. The van der Waals surface area contributed by atoms with Crippen LogP contribution in [0, 0.1) is 11.8 Å². The van der Waals surface area contributed by atoms with Crippen LogP contribution in [0.2, 0.25) is 0 Å². The van der Waals surface area contributed by atoms with Crippen molar-refractivity contribution < 1.29 is 19.2 Å². The van der Waals surface area contributed by atoms with Crippen LogP contribution in [0.3, 0.4) is 0 Å². The van der Waals surface area contributed by atoms with E-state index in [1.54, 1.807) is 12.1 Å². The minimum Gasteiger partial charge on any atom is -0.324 e. The normalized spacial score (nSPS) is 26.4. The lowest BCUT2D eigenvalue weighted by Gasteiger charge is -2.40. The van der Waals surface area contributed by atoms with E-state index in [1.807, 2.05) is 11.0 Å². The summed E-state index contributed by atoms with van der Waals surface area (Å²) in [6, 6.07) is 4.56. The van der Waals surface area contributed by atoms with Gasteiger partial charge < -0.3 is 15.1 Å². The van der Waals surface area contributed by atoms with E-state index in [4.69, 9.17) is 0 Å². The fourth-order valence-electron chi connectivity index (χ4n) is 5.35. The third kappa shape index (κ3) is 3.79. The molecule has 1 saturated carbocycles. The maximum absolute atomic E-state index is 12.8. The Morgan fingerprint density at radius 3 is 2.58 bits per heavy atom. The first-order chi connectivity index (χ1) is 15.0. The Bertz CT molecular complexity index is 942. The van der Waals surface area contributed by atoms with E-state index in [1.165, 1.54) is 30.6 Å². The molecule has 3 aliphatic heterocycles. The number of carbonyl (C=O) groups excluding carboxylic acids is 4. The summed E-state index contributed by atoms with van der Waals surface area (Å²) in [5.74, 6) is 0.472. The van der Waals surface area contributed by atoms with Crippen molar-refractivity contribution in [2.45, 2.75) is 57.5 Å². The summed E-state index contributed by atoms with van der Waals surface area (Å²) >= 11 is 0. The van der Waals surface area contributed by atoms with Crippen molar-refractivity contribution in [2.75, 3.05) is 18.4 Å². The number of hydrogen-bond acceptors (Lipinski definition) is 4. The number of carbonyl (C=O) groups is 4. The van der Waals surface area contributed by atoms with Crippen LogP contribution in [0.5, 0.6) is 0 Å². The van der Waals surface area contributed by atoms with Crippen molar-refractivity contribution in [3.8, 4) is 0 Å². The maximum Gasteiger partial charge on any atom is 0.321 e. The van der Waals surface area contributed by atoms with Crippen molar-refractivity contribution in [1.82, 2.24) is 15.1 Å². The first-order valence-electron chi connectivity index (χ1n) is 11.3. The van der Waals surface area contributed by atoms with Crippen molar-refractivity contribution in [3.05, 3.63) is 29.3 Å². The molecule has 3 fully saturated rings. The first kappa shape index (κ1) is 20.0. The summed E-state index contributed by atoms with van der Waals surface area (Å²) in [5, 5.41) is 5.31. The molecule has 0 radical (unpaired) electrons. The van der Waals surface area contributed by atoms with E-state index < -0.39 is 11.9 Å². The van der Waals surface area contributed by atoms with Crippen molar-refractivity contribution in [1.29, 1.82) is 0 Å². The number of nitrogens with zero attached hydrogens (tertiary/aromatic N) is 2. The monoisotopic (exact) mass is 424 g/mol. The molecule has 1 aliphatic carbocycles. The lowest BCUT2D eigenvalue weighted by Crippen LogP contribution is -2.52. The second-order valence-corrected chi connectivity index (χ2v) is 9.24. The number of hydrogen-bond donors (Lipinski definition) is 2. The number of benzene rings is 1. The van der Waals surface area contributed by atoms with Gasteiger partial charge >= 0.3 is 6.03 Å². The number of anilines is 1. The van der Waals surface area contributed by atoms with E-state index in [2.05, 4.69) is 10.6 Å². The van der Waals surface area contributed by atoms with Gasteiger partial charge in [-0.15, -0.1) is 0 Å². The Morgan fingerprint density at radius 2 is 1.84 bits per heavy atom. The van der Waals surface area contributed by atoms with Crippen LogP contribution in [0.15, 0.2) is 18.2 Å². The Hall–Kier alpha value is -2.90. The van der Waals surface area contributed by atoms with Gasteiger partial charge in [0.2, 0.25) is 11.8 Å². The Labute approximate surface area is 181 Å². The van der Waals surface area contributed by atoms with Gasteiger partial charge in [0.25, 0.3) is 5.91 Å². The van der Waals surface area contributed by atoms with Crippen LogP contribution < -0.4 is 10.6 Å². The fourth-order valence-corrected chi connectivity index (χ4v) is 5.35. The van der Waals surface area contributed by atoms with Gasteiger partial charge in [0.1, 0.15) is 6.04 Å². The Balaban J connectivity index is 1.24. The topological polar surface area (TPSA) is 98.8 Å². The molecule has 2 saturated heterocycles. The molecule has 0 bridgehead atoms. The molecule has 2 N–H and O–H groups in total. The number of imide groups is 1. The number of amides is 5. The van der Waals surface area contributed by atoms with Crippen LogP contribution in [-0.4, -0.2) is 52.7 Å². The van der Waals surface area contributed by atoms with Crippen LogP contribution in [0.1, 0.15) is 60.9 Å². The lowest BCUT2D eigenvalue weighted by molar-refractivity contribution is -0.136. The van der Waals surface area contributed by atoms with Gasteiger partial charge in [0.15, 0.2) is 0 Å². The highest BCUT2D eigenvalue weighted by Gasteiger charge is 2.39. The lowest BCUT2D eigenvalue weighted by atomic mass is 9.73. The van der Waals surface area contributed by atoms with E-state index in [9.17, 15) is 19.2 Å². The van der Waals surface area contributed by atoms with Crippen LogP contribution in [0.25, 0.3) is 0 Å². The standard InChI is InChI=1S/C23H28N4O4/c28-20-9-8-19(21(29)25-20)27-13-16-11-17(6-7-18(16)22(27)30)24-23(31)26-10-2-5-15(12-26)14-3-1-4-14/h6-7,11,14-15,19H,1-5,8-10,12-13H2,(H,24,31)(H,25,28,29). The molecule has 31 heavy (non-hydrogen) atoms. The molecule has 164 valence electrons. The summed E-state index contributed by atoms with van der Waals surface area (Å²) in [4.78, 5) is 52.7. The van der Waals surface area contributed by atoms with Crippen molar-refractivity contribution in [2.24, 2.45) is 11.8 Å². The molecule has 1 aromatic carbocycles. The van der Waals surface area contributed by atoms with Gasteiger partial charge in [-0.05, 0) is 54.9 Å². The third-order valence-corrected chi connectivity index (χ3v) is 7.34. The molecule has 0 spiro atoms. The van der Waals surface area contributed by atoms with Gasteiger partial charge in [-0.3, -0.25) is 19.7 Å². The smallest absolute Gasteiger partial charge is 0.321 e. The van der Waals surface area contributed by atoms with Crippen LogP contribution in [-0.2, 0) is 16.1 Å². The molecule has 8 heteroatoms. The summed E-state index contributed by atoms with van der Waals surface area (Å²) in [6.45, 7) is 1.91. The molecule has 5 rings (SSSR count). The molecule has 4 aliphatic rings. The molecular weight excluding hydrogens is 396 g/mol. The number of likely N-dealkylation sites (tertiary alicyclic amines) is 1. The second-order valence-electron chi connectivity index (χ2n) is 9.24. The van der Waals surface area contributed by atoms with Gasteiger partial charge in [-0.25, -0.2) is 4.79 Å². The van der Waals surface area contributed by atoms with Gasteiger partial charge in [-0.2, -0.15) is 0 Å². The fraction of sp³-hybridized carbons (Fsp3) is 0.565. The third-order valence-electron chi connectivity index (χ3n) is 7.34. The van der Waals surface area contributed by atoms with E-state index >= 15 is 0 Å². The second kappa shape index (κ2) is 7.98. The minimum absolute atomic E-state index is 0.0877. The molecule has 2 atom stereocenters. The highest BCUT2D eigenvalue weighted by atomic mass is 16.2. The van der Waals surface area contributed by atoms with Gasteiger partial charge in [0, 0.05) is 37.3 Å². The van der Waals surface area contributed by atoms with Gasteiger partial charge in [0.05, 0.1) is 0 Å². The highest BCUT2D eigenvalue weighted by Crippen LogP contribution is 2.38. The predicted octanol–water partition coefficient (Wildman–Crippen LogP) is 2.49. The number of urea groups is 1. The summed E-state index contributed by atoms with van der Waals surface area (Å²) in [6.07, 6.45) is 6.74. The predicted molar refractivity (Wildman–Crippen MR) is 113 cm³/mol. The number of piperidine rings is 2. The van der Waals surface area contributed by atoms with Crippen molar-refractivity contribution >= 4 is 29.4 Å². The van der Waals surface area contributed by atoms with Crippen LogP contribution in [0.4, 0.5) is 10.5 Å². The summed E-state index contributed by atoms with van der Waals surface area (Å²) in [7, 11) is 0. The number of fused-ring (bicyclic) bond motifs is 1. The molecular formula is C23H28N4O4. The Morgan fingerprint density at radius 1 is 1.03 bits per heavy atom. The zero-order valence-electron chi connectivity index (χ0n) is 17.6. The van der Waals surface area contributed by atoms with E-state index in [0.717, 1.165) is 31.0 Å². The molecule has 2 unspecified atom stereocenters. The van der Waals surface area contributed by atoms with E-state index in [0.29, 0.717) is 30.1 Å². The maximum atomic E-state index is 12.8. The molecule has 1 aromatic rings. The van der Waals surface area contributed by atoms with Crippen LogP contribution >= 0.6 is 0 Å². The average Bonchev–Trinajstić information content (AvgIpc) is 3.03. The first-order valence-corrected chi connectivity index (χ1v) is 11.3. The minimum atomic E-state index is -0.632. The zero-order valence-corrected chi connectivity index (χ0v) is 17.6. The largest absolute Gasteiger partial charge is 0.324 e.